The van der Waals surface area contributed by atoms with Crippen LogP contribution in [0.25, 0.3) is 0 Å². The van der Waals surface area contributed by atoms with Gasteiger partial charge < -0.3 is 20.3 Å². The molecule has 156 valence electrons. The molecule has 3 rings (SSSR count). The van der Waals surface area contributed by atoms with E-state index in [1.807, 2.05) is 50.2 Å². The number of allylic oxidation sites excluding steroid dienone is 1. The number of nitrogens with one attached hydrogen (secondary N) is 2. The van der Waals surface area contributed by atoms with Crippen molar-refractivity contribution < 1.29 is 14.3 Å². The number of carbonyl (C=O) groups is 2. The second-order valence-electron chi connectivity index (χ2n) is 7.11. The van der Waals surface area contributed by atoms with Crippen molar-refractivity contribution in [3.05, 3.63) is 76.5 Å². The van der Waals surface area contributed by atoms with Gasteiger partial charge in [0.15, 0.2) is 5.11 Å². The van der Waals surface area contributed by atoms with Crippen LogP contribution in [-0.2, 0) is 9.53 Å². The highest BCUT2D eigenvalue weighted by molar-refractivity contribution is 7.80. The fraction of sp³-hybridized carbons (Fsp3) is 0.261. The van der Waals surface area contributed by atoms with Crippen LogP contribution in [0.5, 0.6) is 0 Å². The molecule has 0 saturated carbocycles. The monoisotopic (exact) mass is 423 g/mol. The summed E-state index contributed by atoms with van der Waals surface area (Å²) in [4.78, 5) is 27.0. The number of amides is 1. The molecular formula is C23H25N3O3S. The molecule has 0 fully saturated rings. The second kappa shape index (κ2) is 9.09. The van der Waals surface area contributed by atoms with Crippen molar-refractivity contribution in [2.75, 3.05) is 19.0 Å². The molecule has 2 aromatic rings. The summed E-state index contributed by atoms with van der Waals surface area (Å²) in [6, 6.07) is 14.3. The van der Waals surface area contributed by atoms with Crippen LogP contribution in [0, 0.1) is 6.92 Å². The standard InChI is InChI=1S/C23H25N3O3S/c1-5-29-22(28)19-15(3)26(4)23(30)25-20(19)17-7-6-8-18(13-17)24-21(27)16-11-9-14(2)10-12-16/h6-13,20H,5H2,1-4H3,(H,24,27)(H,25,30)/t20-/m1/s1. The first-order valence-electron chi connectivity index (χ1n) is 9.72. The number of hydrogen-bond acceptors (Lipinski definition) is 4. The van der Waals surface area contributed by atoms with Gasteiger partial charge in [0.05, 0.1) is 18.2 Å². The van der Waals surface area contributed by atoms with Crippen LogP contribution < -0.4 is 10.6 Å². The summed E-state index contributed by atoms with van der Waals surface area (Å²) < 4.78 is 5.27. The minimum absolute atomic E-state index is 0.198. The molecule has 1 aliphatic rings. The molecule has 0 bridgehead atoms. The van der Waals surface area contributed by atoms with Gasteiger partial charge in [-0.3, -0.25) is 4.79 Å². The molecule has 0 radical (unpaired) electrons. The highest BCUT2D eigenvalue weighted by atomic mass is 32.1. The van der Waals surface area contributed by atoms with E-state index in [9.17, 15) is 9.59 Å². The number of benzene rings is 2. The van der Waals surface area contributed by atoms with Crippen LogP contribution >= 0.6 is 12.2 Å². The summed E-state index contributed by atoms with van der Waals surface area (Å²) in [5.74, 6) is -0.590. The molecule has 2 N–H and O–H groups in total. The number of esters is 1. The number of rotatable bonds is 5. The molecule has 30 heavy (non-hydrogen) atoms. The van der Waals surface area contributed by atoms with Gasteiger partial charge in [0.2, 0.25) is 0 Å². The van der Waals surface area contributed by atoms with Gasteiger partial charge in [-0.05, 0) is 62.8 Å². The lowest BCUT2D eigenvalue weighted by Gasteiger charge is -2.35. The Hall–Kier alpha value is -3.19. The van der Waals surface area contributed by atoms with Crippen molar-refractivity contribution in [2.45, 2.75) is 26.8 Å². The summed E-state index contributed by atoms with van der Waals surface area (Å²) in [6.07, 6.45) is 0. The molecule has 0 unspecified atom stereocenters. The summed E-state index contributed by atoms with van der Waals surface area (Å²) >= 11 is 5.42. The highest BCUT2D eigenvalue weighted by Gasteiger charge is 2.33. The first kappa shape index (κ1) is 21.5. The van der Waals surface area contributed by atoms with Crippen molar-refractivity contribution in [1.29, 1.82) is 0 Å². The Morgan fingerprint density at radius 1 is 1.17 bits per heavy atom. The Labute approximate surface area is 181 Å². The first-order chi connectivity index (χ1) is 14.3. The Bertz CT molecular complexity index is 1010. The van der Waals surface area contributed by atoms with Crippen molar-refractivity contribution in [3.8, 4) is 0 Å². The number of nitrogens with zero attached hydrogens (tertiary/aromatic N) is 1. The van der Waals surface area contributed by atoms with Crippen LogP contribution in [0.3, 0.4) is 0 Å². The number of thiocarbonyl (C=S) groups is 1. The van der Waals surface area contributed by atoms with Crippen molar-refractivity contribution in [2.24, 2.45) is 0 Å². The third kappa shape index (κ3) is 4.52. The van der Waals surface area contributed by atoms with Gasteiger partial charge >= 0.3 is 5.97 Å². The SMILES string of the molecule is CCOC(=O)C1=C(C)N(C)C(=S)N[C@@H]1c1cccc(NC(=O)c2ccc(C)cc2)c1. The Kier molecular flexibility index (Phi) is 6.52. The van der Waals surface area contributed by atoms with E-state index in [0.29, 0.717) is 21.9 Å². The van der Waals surface area contributed by atoms with E-state index in [0.717, 1.165) is 16.8 Å². The number of anilines is 1. The summed E-state index contributed by atoms with van der Waals surface area (Å²) in [6.45, 7) is 5.87. The zero-order valence-corrected chi connectivity index (χ0v) is 18.3. The number of aryl methyl sites for hydroxylation is 1. The highest BCUT2D eigenvalue weighted by Crippen LogP contribution is 2.32. The van der Waals surface area contributed by atoms with E-state index in [1.54, 1.807) is 31.0 Å². The lowest BCUT2D eigenvalue weighted by Crippen LogP contribution is -2.46. The maximum Gasteiger partial charge on any atom is 0.338 e. The van der Waals surface area contributed by atoms with Gasteiger partial charge in [-0.1, -0.05) is 29.8 Å². The zero-order chi connectivity index (χ0) is 21.8. The van der Waals surface area contributed by atoms with Gasteiger partial charge in [-0.25, -0.2) is 4.79 Å². The van der Waals surface area contributed by atoms with Crippen LogP contribution in [0.2, 0.25) is 0 Å². The van der Waals surface area contributed by atoms with Crippen molar-refractivity contribution >= 4 is 34.9 Å². The molecule has 1 amide bonds. The molecule has 2 aromatic carbocycles. The second-order valence-corrected chi connectivity index (χ2v) is 7.49. The minimum atomic E-state index is -0.469. The van der Waals surface area contributed by atoms with E-state index in [4.69, 9.17) is 17.0 Å². The van der Waals surface area contributed by atoms with E-state index in [1.165, 1.54) is 0 Å². The third-order valence-corrected chi connectivity index (χ3v) is 5.43. The number of hydrogen-bond donors (Lipinski definition) is 2. The normalized spacial score (nSPS) is 16.2. The zero-order valence-electron chi connectivity index (χ0n) is 17.5. The molecule has 6 nitrogen and oxygen atoms in total. The fourth-order valence-electron chi connectivity index (χ4n) is 3.26. The van der Waals surface area contributed by atoms with E-state index >= 15 is 0 Å². The Morgan fingerprint density at radius 3 is 2.53 bits per heavy atom. The maximum atomic E-state index is 12.7. The predicted molar refractivity (Wildman–Crippen MR) is 121 cm³/mol. The molecule has 1 aliphatic heterocycles. The largest absolute Gasteiger partial charge is 0.463 e. The van der Waals surface area contributed by atoms with Crippen LogP contribution in [0.15, 0.2) is 59.8 Å². The molecule has 0 aromatic heterocycles. The third-order valence-electron chi connectivity index (χ3n) is 5.04. The summed E-state index contributed by atoms with van der Waals surface area (Å²) in [5.41, 5.74) is 4.32. The van der Waals surface area contributed by atoms with Gasteiger partial charge in [0.25, 0.3) is 5.91 Å². The Balaban J connectivity index is 1.91. The lowest BCUT2D eigenvalue weighted by molar-refractivity contribution is -0.139. The molecule has 1 atom stereocenters. The molecule has 1 heterocycles. The first-order valence-corrected chi connectivity index (χ1v) is 10.1. The number of ether oxygens (including phenoxy) is 1. The topological polar surface area (TPSA) is 70.7 Å². The minimum Gasteiger partial charge on any atom is -0.463 e. The predicted octanol–water partition coefficient (Wildman–Crippen LogP) is 3.95. The van der Waals surface area contributed by atoms with Crippen molar-refractivity contribution in [3.63, 3.8) is 0 Å². The molecular weight excluding hydrogens is 398 g/mol. The summed E-state index contributed by atoms with van der Waals surface area (Å²) in [5, 5.41) is 6.64. The van der Waals surface area contributed by atoms with Crippen molar-refractivity contribution in [1.82, 2.24) is 10.2 Å². The quantitative estimate of drug-likeness (QED) is 0.561. The molecule has 0 spiro atoms. The molecule has 7 heteroatoms. The van der Waals surface area contributed by atoms with Crippen LogP contribution in [0.4, 0.5) is 5.69 Å². The molecule has 0 saturated heterocycles. The van der Waals surface area contributed by atoms with E-state index < -0.39 is 12.0 Å². The fourth-order valence-corrected chi connectivity index (χ4v) is 3.52. The lowest BCUT2D eigenvalue weighted by atomic mass is 9.95. The van der Waals surface area contributed by atoms with Gasteiger partial charge in [0.1, 0.15) is 0 Å². The van der Waals surface area contributed by atoms with Gasteiger partial charge in [-0.2, -0.15) is 0 Å². The van der Waals surface area contributed by atoms with Gasteiger partial charge in [-0.15, -0.1) is 0 Å². The average molecular weight is 424 g/mol. The number of carbonyl (C=O) groups excluding carboxylic acids is 2. The van der Waals surface area contributed by atoms with Crippen LogP contribution in [-0.4, -0.2) is 35.5 Å². The average Bonchev–Trinajstić information content (AvgIpc) is 2.72. The van der Waals surface area contributed by atoms with Gasteiger partial charge in [0, 0.05) is 24.0 Å². The maximum absolute atomic E-state index is 12.7. The van der Waals surface area contributed by atoms with Crippen LogP contribution in [0.1, 0.15) is 41.4 Å². The smallest absolute Gasteiger partial charge is 0.338 e. The van der Waals surface area contributed by atoms with E-state index in [2.05, 4.69) is 10.6 Å². The van der Waals surface area contributed by atoms with E-state index in [-0.39, 0.29) is 12.5 Å². The molecule has 0 aliphatic carbocycles. The summed E-state index contributed by atoms with van der Waals surface area (Å²) in [7, 11) is 1.80. The Morgan fingerprint density at radius 2 is 1.87 bits per heavy atom.